The first kappa shape index (κ1) is 10.8. The minimum Gasteiger partial charge on any atom is -0.259 e. The second-order valence-electron chi connectivity index (χ2n) is 5.15. The Labute approximate surface area is 106 Å². The van der Waals surface area contributed by atoms with Gasteiger partial charge in [-0.3, -0.25) is 4.98 Å². The van der Waals surface area contributed by atoms with Crippen LogP contribution in [0.3, 0.4) is 0 Å². The minimum absolute atomic E-state index is 0.0523. The van der Waals surface area contributed by atoms with Crippen LogP contribution in [0, 0.1) is 6.92 Å². The Morgan fingerprint density at radius 1 is 1.18 bits per heavy atom. The van der Waals surface area contributed by atoms with Gasteiger partial charge in [0.25, 0.3) is 0 Å². The largest absolute Gasteiger partial charge is 0.259 e. The van der Waals surface area contributed by atoms with Crippen molar-refractivity contribution in [1.29, 1.82) is 0 Å². The van der Waals surface area contributed by atoms with Crippen LogP contribution in [-0.4, -0.2) is 4.98 Å². The Balaban J connectivity index is 2.46. The van der Waals surface area contributed by atoms with E-state index in [1.54, 1.807) is 0 Å². The summed E-state index contributed by atoms with van der Waals surface area (Å²) in [6.07, 6.45) is 1.87. The first-order valence-electron chi connectivity index (χ1n) is 5.79. The zero-order valence-corrected chi connectivity index (χ0v) is 11.0. The summed E-state index contributed by atoms with van der Waals surface area (Å²) >= 11 is 6.45. The van der Waals surface area contributed by atoms with E-state index in [-0.39, 0.29) is 5.41 Å². The number of halogens is 1. The quantitative estimate of drug-likeness (QED) is 0.670. The van der Waals surface area contributed by atoms with Crippen LogP contribution in [0.25, 0.3) is 11.1 Å². The predicted octanol–water partition coefficient (Wildman–Crippen LogP) is 4.35. The molecule has 0 atom stereocenters. The number of pyridine rings is 1. The van der Waals surface area contributed by atoms with Gasteiger partial charge in [-0.15, -0.1) is 0 Å². The SMILES string of the molecule is Cc1cnc2c(c1Cl)-c1ccccc1C2(C)C. The highest BCUT2D eigenvalue weighted by Gasteiger charge is 2.38. The van der Waals surface area contributed by atoms with E-state index in [4.69, 9.17) is 11.6 Å². The van der Waals surface area contributed by atoms with Crippen molar-refractivity contribution < 1.29 is 0 Å². The summed E-state index contributed by atoms with van der Waals surface area (Å²) in [5.41, 5.74) is 5.74. The Kier molecular flexibility index (Phi) is 2.11. The van der Waals surface area contributed by atoms with Crippen molar-refractivity contribution in [3.63, 3.8) is 0 Å². The zero-order valence-electron chi connectivity index (χ0n) is 10.2. The van der Waals surface area contributed by atoms with Gasteiger partial charge in [0.15, 0.2) is 0 Å². The molecule has 17 heavy (non-hydrogen) atoms. The summed E-state index contributed by atoms with van der Waals surface area (Å²) in [4.78, 5) is 4.60. The van der Waals surface area contributed by atoms with Crippen LogP contribution in [0.15, 0.2) is 30.5 Å². The second kappa shape index (κ2) is 3.33. The fourth-order valence-electron chi connectivity index (χ4n) is 2.68. The molecule has 2 aromatic rings. The molecule has 1 heterocycles. The van der Waals surface area contributed by atoms with E-state index < -0.39 is 0 Å². The molecule has 0 amide bonds. The first-order chi connectivity index (χ1) is 8.03. The lowest BCUT2D eigenvalue weighted by Crippen LogP contribution is -2.16. The summed E-state index contributed by atoms with van der Waals surface area (Å²) in [7, 11) is 0. The molecule has 0 saturated heterocycles. The number of aromatic nitrogens is 1. The molecule has 0 N–H and O–H groups in total. The van der Waals surface area contributed by atoms with Gasteiger partial charge in [0.2, 0.25) is 0 Å². The summed E-state index contributed by atoms with van der Waals surface area (Å²) < 4.78 is 0. The maximum atomic E-state index is 6.45. The standard InChI is InChI=1S/C15H14ClN/c1-9-8-17-14-12(13(9)16)10-6-4-5-7-11(10)15(14,2)3/h4-8H,1-3H3. The Bertz CT molecular complexity index is 614. The Morgan fingerprint density at radius 2 is 1.88 bits per heavy atom. The molecule has 0 bridgehead atoms. The highest BCUT2D eigenvalue weighted by atomic mass is 35.5. The fraction of sp³-hybridized carbons (Fsp3) is 0.267. The summed E-state index contributed by atoms with van der Waals surface area (Å²) in [6, 6.07) is 8.44. The third-order valence-electron chi connectivity index (χ3n) is 3.65. The highest BCUT2D eigenvalue weighted by molar-refractivity contribution is 6.34. The maximum Gasteiger partial charge on any atom is 0.0597 e. The van der Waals surface area contributed by atoms with Crippen LogP contribution >= 0.6 is 11.6 Å². The van der Waals surface area contributed by atoms with Crippen LogP contribution in [0.1, 0.15) is 30.7 Å². The van der Waals surface area contributed by atoms with Gasteiger partial charge in [-0.05, 0) is 23.6 Å². The van der Waals surface area contributed by atoms with Gasteiger partial charge in [-0.2, -0.15) is 0 Å². The van der Waals surface area contributed by atoms with Gasteiger partial charge in [-0.1, -0.05) is 49.7 Å². The van der Waals surface area contributed by atoms with Crippen molar-refractivity contribution in [2.75, 3.05) is 0 Å². The predicted molar refractivity (Wildman–Crippen MR) is 71.5 cm³/mol. The third kappa shape index (κ3) is 1.29. The van der Waals surface area contributed by atoms with E-state index in [2.05, 4.69) is 43.1 Å². The number of aryl methyl sites for hydroxylation is 1. The molecule has 1 aromatic heterocycles. The summed E-state index contributed by atoms with van der Waals surface area (Å²) in [6.45, 7) is 6.41. The topological polar surface area (TPSA) is 12.9 Å². The molecule has 1 aliphatic carbocycles. The molecule has 1 nitrogen and oxygen atoms in total. The third-order valence-corrected chi connectivity index (χ3v) is 4.14. The van der Waals surface area contributed by atoms with Crippen LogP contribution in [0.4, 0.5) is 0 Å². The number of benzene rings is 1. The molecule has 3 rings (SSSR count). The summed E-state index contributed by atoms with van der Waals surface area (Å²) in [5.74, 6) is 0. The van der Waals surface area contributed by atoms with E-state index in [1.165, 1.54) is 11.1 Å². The first-order valence-corrected chi connectivity index (χ1v) is 6.16. The van der Waals surface area contributed by atoms with Crippen molar-refractivity contribution >= 4 is 11.6 Å². The van der Waals surface area contributed by atoms with Crippen molar-refractivity contribution in [2.24, 2.45) is 0 Å². The molecule has 86 valence electrons. The molecule has 0 aliphatic heterocycles. The molecule has 1 aromatic carbocycles. The van der Waals surface area contributed by atoms with Gasteiger partial charge < -0.3 is 0 Å². The van der Waals surface area contributed by atoms with Crippen molar-refractivity contribution in [3.05, 3.63) is 52.3 Å². The average Bonchev–Trinajstić information content (AvgIpc) is 2.54. The molecule has 0 fully saturated rings. The number of hydrogen-bond acceptors (Lipinski definition) is 1. The maximum absolute atomic E-state index is 6.45. The molecule has 0 unspecified atom stereocenters. The smallest absolute Gasteiger partial charge is 0.0597 e. The molecular weight excluding hydrogens is 230 g/mol. The lowest BCUT2D eigenvalue weighted by molar-refractivity contribution is 0.636. The van der Waals surface area contributed by atoms with Gasteiger partial charge in [0.05, 0.1) is 10.7 Å². The minimum atomic E-state index is -0.0523. The van der Waals surface area contributed by atoms with E-state index in [0.717, 1.165) is 21.8 Å². The van der Waals surface area contributed by atoms with Gasteiger partial charge in [0.1, 0.15) is 0 Å². The number of fused-ring (bicyclic) bond motifs is 3. The highest BCUT2D eigenvalue weighted by Crippen LogP contribution is 2.50. The van der Waals surface area contributed by atoms with Crippen molar-refractivity contribution in [1.82, 2.24) is 4.98 Å². The van der Waals surface area contributed by atoms with Crippen molar-refractivity contribution in [3.8, 4) is 11.1 Å². The summed E-state index contributed by atoms with van der Waals surface area (Å²) in [5, 5.41) is 0.841. The van der Waals surface area contributed by atoms with E-state index in [1.807, 2.05) is 13.1 Å². The number of rotatable bonds is 0. The van der Waals surface area contributed by atoms with E-state index >= 15 is 0 Å². The van der Waals surface area contributed by atoms with Crippen molar-refractivity contribution in [2.45, 2.75) is 26.2 Å². The molecule has 0 saturated carbocycles. The Morgan fingerprint density at radius 3 is 2.65 bits per heavy atom. The van der Waals surface area contributed by atoms with Gasteiger partial charge >= 0.3 is 0 Å². The number of hydrogen-bond donors (Lipinski definition) is 0. The molecule has 2 heteroatoms. The lowest BCUT2D eigenvalue weighted by atomic mass is 9.85. The fourth-order valence-corrected chi connectivity index (χ4v) is 2.92. The molecular formula is C15H14ClN. The van der Waals surface area contributed by atoms with Crippen LogP contribution in [0.5, 0.6) is 0 Å². The zero-order chi connectivity index (χ0) is 12.2. The second-order valence-corrected chi connectivity index (χ2v) is 5.53. The monoisotopic (exact) mass is 243 g/mol. The Hall–Kier alpha value is -1.34. The van der Waals surface area contributed by atoms with Crippen LogP contribution in [-0.2, 0) is 5.41 Å². The average molecular weight is 244 g/mol. The molecule has 1 aliphatic rings. The van der Waals surface area contributed by atoms with Gasteiger partial charge in [0, 0.05) is 17.2 Å². The molecule has 0 radical (unpaired) electrons. The van der Waals surface area contributed by atoms with E-state index in [9.17, 15) is 0 Å². The van der Waals surface area contributed by atoms with Crippen LogP contribution in [0.2, 0.25) is 5.02 Å². The van der Waals surface area contributed by atoms with Gasteiger partial charge in [-0.25, -0.2) is 0 Å². The van der Waals surface area contributed by atoms with E-state index in [0.29, 0.717) is 0 Å². The molecule has 0 spiro atoms. The van der Waals surface area contributed by atoms with Crippen LogP contribution < -0.4 is 0 Å². The normalized spacial score (nSPS) is 15.5. The lowest BCUT2D eigenvalue weighted by Gasteiger charge is -2.20. The number of nitrogens with zero attached hydrogens (tertiary/aromatic N) is 1.